The van der Waals surface area contributed by atoms with Gasteiger partial charge in [-0.25, -0.2) is 0 Å². The number of thioether (sulfide) groups is 1. The van der Waals surface area contributed by atoms with Crippen LogP contribution in [0.4, 0.5) is 0 Å². The minimum Gasteiger partial charge on any atom is -0.504 e. The van der Waals surface area contributed by atoms with E-state index in [1.165, 1.54) is 6.07 Å². The van der Waals surface area contributed by atoms with Crippen molar-refractivity contribution in [1.29, 1.82) is 0 Å². The van der Waals surface area contributed by atoms with E-state index < -0.39 is 0 Å². The first-order valence-electron chi connectivity index (χ1n) is 5.80. The molecule has 2 N–H and O–H groups in total. The van der Waals surface area contributed by atoms with Crippen LogP contribution in [0.15, 0.2) is 22.7 Å². The van der Waals surface area contributed by atoms with Gasteiger partial charge in [0.05, 0.1) is 12.2 Å². The fourth-order valence-corrected chi connectivity index (χ4v) is 2.66. The first-order valence-corrected chi connectivity index (χ1v) is 6.95. The molecule has 2 aromatic rings. The molecule has 0 radical (unpaired) electrons. The molecule has 6 nitrogen and oxygen atoms in total. The molecule has 1 saturated heterocycles. The second-order valence-electron chi connectivity index (χ2n) is 4.07. The molecule has 1 atom stereocenters. The van der Waals surface area contributed by atoms with Gasteiger partial charge in [-0.1, -0.05) is 11.2 Å². The summed E-state index contributed by atoms with van der Waals surface area (Å²) in [6.07, 6.45) is -0.185. The van der Waals surface area contributed by atoms with Gasteiger partial charge in [-0.3, -0.25) is 0 Å². The Morgan fingerprint density at radius 3 is 3.00 bits per heavy atom. The number of phenols is 2. The lowest BCUT2D eigenvalue weighted by molar-refractivity contribution is 0.0677. The second kappa shape index (κ2) is 5.10. The number of nitrogens with zero attached hydrogens (tertiary/aromatic N) is 2. The van der Waals surface area contributed by atoms with Crippen molar-refractivity contribution in [2.75, 3.05) is 18.1 Å². The topological polar surface area (TPSA) is 88.6 Å². The fourth-order valence-electron chi connectivity index (χ4n) is 1.82. The van der Waals surface area contributed by atoms with Crippen LogP contribution >= 0.6 is 11.8 Å². The van der Waals surface area contributed by atoms with E-state index in [4.69, 9.17) is 9.26 Å². The molecule has 0 aliphatic carbocycles. The summed E-state index contributed by atoms with van der Waals surface area (Å²) in [7, 11) is 0. The summed E-state index contributed by atoms with van der Waals surface area (Å²) >= 11 is 1.77. The lowest BCUT2D eigenvalue weighted by atomic mass is 10.2. The first kappa shape index (κ1) is 12.3. The third-order valence-corrected chi connectivity index (χ3v) is 3.78. The Hall–Kier alpha value is -1.73. The molecule has 1 aliphatic heterocycles. The predicted molar refractivity (Wildman–Crippen MR) is 69.1 cm³/mol. The molecule has 0 spiro atoms. The number of benzene rings is 1. The van der Waals surface area contributed by atoms with Gasteiger partial charge in [0.1, 0.15) is 6.10 Å². The Labute approximate surface area is 113 Å². The van der Waals surface area contributed by atoms with Crippen molar-refractivity contribution in [1.82, 2.24) is 10.1 Å². The standard InChI is InChI=1S/C12H12N2O4S/c15-8-3-1-2-7(10(8)16)12-13-11(14-18-12)9-6-19-5-4-17-9/h1-3,9,15-16H,4-6H2. The van der Waals surface area contributed by atoms with Crippen molar-refractivity contribution in [3.8, 4) is 23.0 Å². The number of hydrogen-bond acceptors (Lipinski definition) is 7. The van der Waals surface area contributed by atoms with E-state index in [9.17, 15) is 10.2 Å². The lowest BCUT2D eigenvalue weighted by Crippen LogP contribution is -2.16. The van der Waals surface area contributed by atoms with Gasteiger partial charge in [0.15, 0.2) is 11.5 Å². The van der Waals surface area contributed by atoms with E-state index in [0.717, 1.165) is 11.5 Å². The zero-order valence-electron chi connectivity index (χ0n) is 9.94. The van der Waals surface area contributed by atoms with Crippen LogP contribution in [-0.2, 0) is 4.74 Å². The zero-order valence-corrected chi connectivity index (χ0v) is 10.8. The van der Waals surface area contributed by atoms with Crippen LogP contribution in [-0.4, -0.2) is 38.5 Å². The van der Waals surface area contributed by atoms with E-state index in [0.29, 0.717) is 18.0 Å². The number of rotatable bonds is 2. The molecule has 1 aromatic carbocycles. The molecule has 19 heavy (non-hydrogen) atoms. The van der Waals surface area contributed by atoms with Gasteiger partial charge < -0.3 is 19.5 Å². The van der Waals surface area contributed by atoms with Crippen LogP contribution in [0.25, 0.3) is 11.5 Å². The summed E-state index contributed by atoms with van der Waals surface area (Å²) in [4.78, 5) is 4.22. The summed E-state index contributed by atoms with van der Waals surface area (Å²) in [6, 6.07) is 4.58. The average molecular weight is 280 g/mol. The Morgan fingerprint density at radius 2 is 2.21 bits per heavy atom. The van der Waals surface area contributed by atoms with E-state index in [1.807, 2.05) is 0 Å². The number of para-hydroxylation sites is 1. The van der Waals surface area contributed by atoms with Gasteiger partial charge in [-0.2, -0.15) is 16.7 Å². The Morgan fingerprint density at radius 1 is 1.32 bits per heavy atom. The summed E-state index contributed by atoms with van der Waals surface area (Å²) in [5.41, 5.74) is 0.308. The maximum absolute atomic E-state index is 9.76. The van der Waals surface area contributed by atoms with E-state index in [-0.39, 0.29) is 23.5 Å². The first-order chi connectivity index (χ1) is 9.25. The summed E-state index contributed by atoms with van der Waals surface area (Å²) < 4.78 is 10.7. The minimum absolute atomic E-state index is 0.169. The Bertz CT molecular complexity index is 581. The predicted octanol–water partition coefficient (Wildman–Crippen LogP) is 1.95. The molecule has 1 fully saturated rings. The van der Waals surface area contributed by atoms with Crippen molar-refractivity contribution in [2.24, 2.45) is 0 Å². The van der Waals surface area contributed by atoms with Gasteiger partial charge in [0, 0.05) is 11.5 Å². The number of aromatic hydroxyl groups is 2. The third kappa shape index (κ3) is 2.39. The van der Waals surface area contributed by atoms with Gasteiger partial charge in [0.2, 0.25) is 5.82 Å². The average Bonchev–Trinajstić information content (AvgIpc) is 2.92. The van der Waals surface area contributed by atoms with Crippen molar-refractivity contribution < 1.29 is 19.5 Å². The van der Waals surface area contributed by atoms with Crippen molar-refractivity contribution in [3.63, 3.8) is 0 Å². The van der Waals surface area contributed by atoms with Crippen LogP contribution in [0, 0.1) is 0 Å². The van der Waals surface area contributed by atoms with Crippen LogP contribution < -0.4 is 0 Å². The lowest BCUT2D eigenvalue weighted by Gasteiger charge is -2.18. The molecule has 0 bridgehead atoms. The quantitative estimate of drug-likeness (QED) is 0.813. The van der Waals surface area contributed by atoms with E-state index in [2.05, 4.69) is 10.1 Å². The molecule has 7 heteroatoms. The molecule has 100 valence electrons. The molecule has 3 rings (SSSR count). The molecule has 1 unspecified atom stereocenters. The smallest absolute Gasteiger partial charge is 0.261 e. The van der Waals surface area contributed by atoms with Crippen molar-refractivity contribution in [2.45, 2.75) is 6.10 Å². The summed E-state index contributed by atoms with van der Waals surface area (Å²) in [5, 5.41) is 23.1. The highest BCUT2D eigenvalue weighted by atomic mass is 32.2. The van der Waals surface area contributed by atoms with Gasteiger partial charge in [-0.15, -0.1) is 0 Å². The fraction of sp³-hybridized carbons (Fsp3) is 0.333. The maximum Gasteiger partial charge on any atom is 0.261 e. The van der Waals surface area contributed by atoms with Crippen LogP contribution in [0.3, 0.4) is 0 Å². The summed E-state index contributed by atoms with van der Waals surface area (Å²) in [6.45, 7) is 0.663. The van der Waals surface area contributed by atoms with Crippen LogP contribution in [0.2, 0.25) is 0 Å². The molecule has 1 aliphatic rings. The zero-order chi connectivity index (χ0) is 13.2. The highest BCUT2D eigenvalue weighted by molar-refractivity contribution is 7.99. The van der Waals surface area contributed by atoms with Crippen molar-refractivity contribution in [3.05, 3.63) is 24.0 Å². The monoisotopic (exact) mass is 280 g/mol. The molecule has 2 heterocycles. The molecular formula is C12H12N2O4S. The number of hydrogen-bond donors (Lipinski definition) is 2. The summed E-state index contributed by atoms with van der Waals surface area (Å²) in [5.74, 6) is 1.89. The normalized spacial score (nSPS) is 19.5. The second-order valence-corrected chi connectivity index (χ2v) is 5.22. The molecular weight excluding hydrogens is 268 g/mol. The van der Waals surface area contributed by atoms with Crippen molar-refractivity contribution >= 4 is 11.8 Å². The van der Waals surface area contributed by atoms with E-state index >= 15 is 0 Å². The third-order valence-electron chi connectivity index (χ3n) is 2.79. The van der Waals surface area contributed by atoms with Gasteiger partial charge in [-0.05, 0) is 12.1 Å². The molecule has 1 aromatic heterocycles. The Balaban J connectivity index is 1.90. The highest BCUT2D eigenvalue weighted by Gasteiger charge is 2.23. The number of phenolic OH excluding ortho intramolecular Hbond substituents is 2. The SMILES string of the molecule is Oc1cccc(-c2nc(C3CSCCO3)no2)c1O. The van der Waals surface area contributed by atoms with E-state index in [1.54, 1.807) is 23.9 Å². The van der Waals surface area contributed by atoms with Gasteiger partial charge >= 0.3 is 0 Å². The largest absolute Gasteiger partial charge is 0.504 e. The number of ether oxygens (including phenoxy) is 1. The molecule has 0 amide bonds. The maximum atomic E-state index is 9.76. The van der Waals surface area contributed by atoms with Crippen LogP contribution in [0.1, 0.15) is 11.9 Å². The number of aromatic nitrogens is 2. The van der Waals surface area contributed by atoms with Crippen LogP contribution in [0.5, 0.6) is 11.5 Å². The molecule has 0 saturated carbocycles. The minimum atomic E-state index is -0.267. The highest BCUT2D eigenvalue weighted by Crippen LogP contribution is 2.36. The van der Waals surface area contributed by atoms with Gasteiger partial charge in [0.25, 0.3) is 5.89 Å². The Kier molecular flexibility index (Phi) is 3.31.